The Labute approximate surface area is 113 Å². The predicted molar refractivity (Wildman–Crippen MR) is 72.4 cm³/mol. The zero-order valence-corrected chi connectivity index (χ0v) is 11.6. The van der Waals surface area contributed by atoms with Crippen LogP contribution >= 0.6 is 0 Å². The molecule has 0 amide bonds. The second kappa shape index (κ2) is 6.92. The van der Waals surface area contributed by atoms with Gasteiger partial charge in [0.15, 0.2) is 0 Å². The van der Waals surface area contributed by atoms with E-state index in [-0.39, 0.29) is 5.97 Å². The van der Waals surface area contributed by atoms with Crippen molar-refractivity contribution in [3.8, 4) is 5.75 Å². The van der Waals surface area contributed by atoms with E-state index in [0.717, 1.165) is 6.29 Å². The van der Waals surface area contributed by atoms with Crippen molar-refractivity contribution in [3.05, 3.63) is 29.8 Å². The second-order valence-corrected chi connectivity index (χ2v) is 4.21. The molecule has 0 spiro atoms. The van der Waals surface area contributed by atoms with Crippen LogP contribution < -0.4 is 4.74 Å². The maximum atomic E-state index is 12.1. The van der Waals surface area contributed by atoms with Crippen LogP contribution in [0, 0.1) is 0 Å². The van der Waals surface area contributed by atoms with E-state index in [1.54, 1.807) is 31.2 Å². The van der Waals surface area contributed by atoms with Crippen LogP contribution in [0.5, 0.6) is 5.75 Å². The van der Waals surface area contributed by atoms with Gasteiger partial charge in [0, 0.05) is 5.56 Å². The van der Waals surface area contributed by atoms with Crippen molar-refractivity contribution in [2.24, 2.45) is 0 Å². The molecule has 0 fully saturated rings. The van der Waals surface area contributed by atoms with Crippen LogP contribution in [-0.2, 0) is 9.53 Å². The van der Waals surface area contributed by atoms with Crippen molar-refractivity contribution >= 4 is 12.3 Å². The number of benzene rings is 1. The standard InChI is InChI=1S/C15H20O4/c1-4-15(5-2,14(17)18-6-3)19-13-9-7-12(11-16)8-10-13/h7-11H,4-6H2,1-3H3. The normalized spacial score (nSPS) is 10.9. The molecule has 1 aromatic rings. The maximum Gasteiger partial charge on any atom is 0.350 e. The van der Waals surface area contributed by atoms with Crippen LogP contribution in [0.1, 0.15) is 44.0 Å². The van der Waals surface area contributed by atoms with Crippen molar-refractivity contribution in [3.63, 3.8) is 0 Å². The predicted octanol–water partition coefficient (Wildman–Crippen LogP) is 3.00. The summed E-state index contributed by atoms with van der Waals surface area (Å²) in [7, 11) is 0. The zero-order chi connectivity index (χ0) is 14.3. The molecule has 0 bridgehead atoms. The molecule has 0 heterocycles. The SMILES string of the molecule is CCOC(=O)C(CC)(CC)Oc1ccc(C=O)cc1. The van der Waals surface area contributed by atoms with Crippen molar-refractivity contribution in [2.45, 2.75) is 39.2 Å². The molecule has 1 aromatic carbocycles. The molecule has 1 rings (SSSR count). The Morgan fingerprint density at radius 2 is 1.74 bits per heavy atom. The van der Waals surface area contributed by atoms with Gasteiger partial charge in [0.2, 0.25) is 5.60 Å². The van der Waals surface area contributed by atoms with Crippen molar-refractivity contribution in [2.75, 3.05) is 6.61 Å². The fourth-order valence-electron chi connectivity index (χ4n) is 1.83. The summed E-state index contributed by atoms with van der Waals surface area (Å²) >= 11 is 0. The van der Waals surface area contributed by atoms with Gasteiger partial charge in [-0.25, -0.2) is 4.79 Å². The summed E-state index contributed by atoms with van der Waals surface area (Å²) in [5, 5.41) is 0. The minimum absolute atomic E-state index is 0.327. The van der Waals surface area contributed by atoms with Crippen molar-refractivity contribution in [1.82, 2.24) is 0 Å². The summed E-state index contributed by atoms with van der Waals surface area (Å²) in [6.07, 6.45) is 1.82. The molecule has 0 aromatic heterocycles. The van der Waals surface area contributed by atoms with Crippen LogP contribution in [0.2, 0.25) is 0 Å². The van der Waals surface area contributed by atoms with Crippen LogP contribution in [0.4, 0.5) is 0 Å². The van der Waals surface area contributed by atoms with Gasteiger partial charge in [0.1, 0.15) is 12.0 Å². The molecule has 0 aliphatic heterocycles. The summed E-state index contributed by atoms with van der Waals surface area (Å²) in [4.78, 5) is 22.6. The van der Waals surface area contributed by atoms with Gasteiger partial charge in [-0.2, -0.15) is 0 Å². The summed E-state index contributed by atoms with van der Waals surface area (Å²) in [6.45, 7) is 5.88. The highest BCUT2D eigenvalue weighted by molar-refractivity contribution is 5.80. The van der Waals surface area contributed by atoms with Crippen LogP contribution in [-0.4, -0.2) is 24.5 Å². The van der Waals surface area contributed by atoms with Gasteiger partial charge in [-0.15, -0.1) is 0 Å². The number of ether oxygens (including phenoxy) is 2. The van der Waals surface area contributed by atoms with E-state index in [4.69, 9.17) is 9.47 Å². The molecular formula is C15H20O4. The molecule has 104 valence electrons. The number of hydrogen-bond donors (Lipinski definition) is 0. The molecule has 4 heteroatoms. The first-order valence-electron chi connectivity index (χ1n) is 6.53. The lowest BCUT2D eigenvalue weighted by atomic mass is 9.97. The summed E-state index contributed by atoms with van der Waals surface area (Å²) < 4.78 is 10.9. The lowest BCUT2D eigenvalue weighted by molar-refractivity contribution is -0.162. The van der Waals surface area contributed by atoms with Crippen molar-refractivity contribution in [1.29, 1.82) is 0 Å². The van der Waals surface area contributed by atoms with E-state index in [9.17, 15) is 9.59 Å². The smallest absolute Gasteiger partial charge is 0.350 e. The molecular weight excluding hydrogens is 244 g/mol. The van der Waals surface area contributed by atoms with E-state index in [2.05, 4.69) is 0 Å². The fourth-order valence-corrected chi connectivity index (χ4v) is 1.83. The molecule has 0 saturated carbocycles. The molecule has 0 N–H and O–H groups in total. The van der Waals surface area contributed by atoms with Gasteiger partial charge < -0.3 is 9.47 Å². The van der Waals surface area contributed by atoms with E-state index in [1.165, 1.54) is 0 Å². The third-order valence-corrected chi connectivity index (χ3v) is 3.12. The molecule has 0 atom stereocenters. The first-order chi connectivity index (χ1) is 9.11. The molecule has 19 heavy (non-hydrogen) atoms. The first kappa shape index (κ1) is 15.2. The van der Waals surface area contributed by atoms with E-state index in [0.29, 0.717) is 30.8 Å². The number of aldehydes is 1. The minimum Gasteiger partial charge on any atom is -0.476 e. The van der Waals surface area contributed by atoms with Gasteiger partial charge >= 0.3 is 5.97 Å². The summed E-state index contributed by atoms with van der Waals surface area (Å²) in [5.74, 6) is 0.210. The molecule has 4 nitrogen and oxygen atoms in total. The summed E-state index contributed by atoms with van der Waals surface area (Å²) in [5.41, 5.74) is -0.388. The molecule has 0 aliphatic rings. The number of hydrogen-bond acceptors (Lipinski definition) is 4. The lowest BCUT2D eigenvalue weighted by Gasteiger charge is -2.30. The van der Waals surface area contributed by atoms with E-state index >= 15 is 0 Å². The van der Waals surface area contributed by atoms with Gasteiger partial charge in [0.05, 0.1) is 6.61 Å². The topological polar surface area (TPSA) is 52.6 Å². The van der Waals surface area contributed by atoms with Crippen molar-refractivity contribution < 1.29 is 19.1 Å². The van der Waals surface area contributed by atoms with Crippen LogP contribution in [0.25, 0.3) is 0 Å². The monoisotopic (exact) mass is 264 g/mol. The molecule has 0 aliphatic carbocycles. The Kier molecular flexibility index (Phi) is 5.55. The maximum absolute atomic E-state index is 12.1. The highest BCUT2D eigenvalue weighted by atomic mass is 16.6. The Morgan fingerprint density at radius 1 is 1.16 bits per heavy atom. The fraction of sp³-hybridized carbons (Fsp3) is 0.467. The summed E-state index contributed by atoms with van der Waals surface area (Å²) in [6, 6.07) is 6.68. The number of carbonyl (C=O) groups excluding carboxylic acids is 2. The molecule has 0 saturated heterocycles. The first-order valence-corrected chi connectivity index (χ1v) is 6.53. The number of carbonyl (C=O) groups is 2. The third-order valence-electron chi connectivity index (χ3n) is 3.12. The Hall–Kier alpha value is -1.84. The molecule has 0 radical (unpaired) electrons. The average Bonchev–Trinajstić information content (AvgIpc) is 2.45. The van der Waals surface area contributed by atoms with Crippen LogP contribution in [0.3, 0.4) is 0 Å². The average molecular weight is 264 g/mol. The largest absolute Gasteiger partial charge is 0.476 e. The quantitative estimate of drug-likeness (QED) is 0.561. The van der Waals surface area contributed by atoms with E-state index < -0.39 is 5.60 Å². The number of esters is 1. The zero-order valence-electron chi connectivity index (χ0n) is 11.6. The number of rotatable bonds is 7. The highest BCUT2D eigenvalue weighted by Gasteiger charge is 2.39. The highest BCUT2D eigenvalue weighted by Crippen LogP contribution is 2.26. The van der Waals surface area contributed by atoms with Crippen LogP contribution in [0.15, 0.2) is 24.3 Å². The Balaban J connectivity index is 2.93. The Bertz CT molecular complexity index is 418. The van der Waals surface area contributed by atoms with Gasteiger partial charge in [0.25, 0.3) is 0 Å². The lowest BCUT2D eigenvalue weighted by Crippen LogP contribution is -2.44. The van der Waals surface area contributed by atoms with Gasteiger partial charge in [-0.05, 0) is 44.0 Å². The van der Waals surface area contributed by atoms with Gasteiger partial charge in [-0.3, -0.25) is 4.79 Å². The van der Waals surface area contributed by atoms with Gasteiger partial charge in [-0.1, -0.05) is 13.8 Å². The van der Waals surface area contributed by atoms with E-state index in [1.807, 2.05) is 13.8 Å². The third kappa shape index (κ3) is 3.56. The minimum atomic E-state index is -0.960. The molecule has 0 unspecified atom stereocenters. The second-order valence-electron chi connectivity index (χ2n) is 4.21. The Morgan fingerprint density at radius 3 is 2.16 bits per heavy atom.